The van der Waals surface area contributed by atoms with Crippen LogP contribution in [0.15, 0.2) is 66.6 Å². The molecular weight excluding hydrogens is 1010 g/mol. The Morgan fingerprint density at radius 1 is 0.480 bits per heavy atom. The predicted molar refractivity (Wildman–Crippen MR) is 290 cm³/mol. The summed E-state index contributed by atoms with van der Waals surface area (Å²) in [5, 5.41) is 61.3. The number of hydrogen-bond donors (Lipinski definition) is 3. The molecule has 390 valence electrons. The van der Waals surface area contributed by atoms with Crippen LogP contribution in [0.3, 0.4) is 0 Å². The number of hydrogen-bond acceptors (Lipinski definition) is 18. The summed E-state index contributed by atoms with van der Waals surface area (Å²) in [5.74, 6) is 3.81. The number of thioether (sulfide) groups is 3. The quantitative estimate of drug-likeness (QED) is 0.140. The highest BCUT2D eigenvalue weighted by Crippen LogP contribution is 2.37. The molecule has 6 aromatic rings. The third-order valence-corrected chi connectivity index (χ3v) is 16.2. The molecule has 0 fully saturated rings. The second-order valence-electron chi connectivity index (χ2n) is 22.2. The maximum absolute atomic E-state index is 12.7. The molecule has 9 heterocycles. The molecular formula is C54H60N12O6S3. The Bertz CT molecular complexity index is 3180. The van der Waals surface area contributed by atoms with Crippen molar-refractivity contribution in [1.82, 2.24) is 43.6 Å². The van der Waals surface area contributed by atoms with Crippen LogP contribution in [0, 0.1) is 51.7 Å². The molecule has 1 unspecified atom stereocenters. The Labute approximate surface area is 448 Å². The van der Waals surface area contributed by atoms with Gasteiger partial charge in [-0.3, -0.25) is 43.0 Å². The predicted octanol–water partition coefficient (Wildman–Crippen LogP) is 8.77. The van der Waals surface area contributed by atoms with E-state index < -0.39 is 0 Å². The fraction of sp³-hybridized carbons (Fsp3) is 0.444. The molecule has 3 aliphatic rings. The van der Waals surface area contributed by atoms with Crippen molar-refractivity contribution >= 4 is 35.3 Å². The molecule has 0 aromatic carbocycles. The molecule has 3 atom stereocenters. The molecule has 0 saturated heterocycles. The summed E-state index contributed by atoms with van der Waals surface area (Å²) in [4.78, 5) is 64.7. The first-order valence-electron chi connectivity index (χ1n) is 24.3. The van der Waals surface area contributed by atoms with Crippen LogP contribution >= 0.6 is 35.3 Å². The molecule has 18 nitrogen and oxygen atoms in total. The number of nitriles is 3. The van der Waals surface area contributed by atoms with E-state index in [0.717, 1.165) is 17.3 Å². The zero-order chi connectivity index (χ0) is 55.1. The lowest BCUT2D eigenvalue weighted by molar-refractivity contribution is 0.437. The second kappa shape index (κ2) is 21.7. The first kappa shape index (κ1) is 55.8. The van der Waals surface area contributed by atoms with Crippen LogP contribution in [-0.2, 0) is 35.9 Å². The van der Waals surface area contributed by atoms with Gasteiger partial charge in [0.05, 0.1) is 34.2 Å². The number of nitrogens with zero attached hydrogens (tertiary/aromatic N) is 12. The van der Waals surface area contributed by atoms with Crippen molar-refractivity contribution in [2.24, 2.45) is 17.8 Å². The van der Waals surface area contributed by atoms with Gasteiger partial charge < -0.3 is 15.3 Å². The zero-order valence-corrected chi connectivity index (χ0v) is 46.5. The van der Waals surface area contributed by atoms with Gasteiger partial charge >= 0.3 is 0 Å². The normalized spacial score (nSPS) is 17.0. The Balaban J connectivity index is 0.000000164. The van der Waals surface area contributed by atoms with E-state index in [0.29, 0.717) is 86.6 Å². The molecule has 9 rings (SSSR count). The number of fused-ring (bicyclic) bond motifs is 3. The van der Waals surface area contributed by atoms with Crippen LogP contribution in [0.25, 0.3) is 33.8 Å². The minimum atomic E-state index is -0.332. The van der Waals surface area contributed by atoms with Gasteiger partial charge in [0.1, 0.15) is 52.1 Å². The van der Waals surface area contributed by atoms with Crippen molar-refractivity contribution in [3.8, 4) is 69.2 Å². The molecule has 0 bridgehead atoms. The molecule has 75 heavy (non-hydrogen) atoms. The number of rotatable bonds is 3. The lowest BCUT2D eigenvalue weighted by Gasteiger charge is -2.23. The van der Waals surface area contributed by atoms with Crippen molar-refractivity contribution in [2.75, 3.05) is 17.3 Å². The second-order valence-corrected chi connectivity index (χ2v) is 25.2. The molecule has 0 radical (unpaired) electrons. The van der Waals surface area contributed by atoms with E-state index in [9.17, 15) is 45.5 Å². The summed E-state index contributed by atoms with van der Waals surface area (Å²) < 4.78 is 4.70. The van der Waals surface area contributed by atoms with Crippen molar-refractivity contribution in [3.05, 3.63) is 102 Å². The Hall–Kier alpha value is -6.99. The van der Waals surface area contributed by atoms with Crippen LogP contribution in [0.2, 0.25) is 0 Å². The van der Waals surface area contributed by atoms with E-state index >= 15 is 0 Å². The van der Waals surface area contributed by atoms with Crippen LogP contribution in [0.5, 0.6) is 17.2 Å². The van der Waals surface area contributed by atoms with Crippen LogP contribution < -0.4 is 16.7 Å². The minimum Gasteiger partial charge on any atom is -0.506 e. The fourth-order valence-electron chi connectivity index (χ4n) is 8.57. The Kier molecular flexibility index (Phi) is 16.1. The monoisotopic (exact) mass is 1070 g/mol. The van der Waals surface area contributed by atoms with Gasteiger partial charge in [-0.2, -0.15) is 15.8 Å². The van der Waals surface area contributed by atoms with Gasteiger partial charge in [0, 0.05) is 88.4 Å². The molecule has 0 aliphatic carbocycles. The maximum Gasteiger partial charge on any atom is 0.272 e. The van der Waals surface area contributed by atoms with E-state index in [1.54, 1.807) is 32.3 Å². The summed E-state index contributed by atoms with van der Waals surface area (Å²) in [5.41, 5.74) is 1.99. The molecule has 21 heteroatoms. The first-order chi connectivity index (χ1) is 35.2. The number of aromatic nitrogens is 9. The number of aromatic hydroxyl groups is 3. The highest BCUT2D eigenvalue weighted by Gasteiger charge is 2.29. The van der Waals surface area contributed by atoms with Gasteiger partial charge in [0.2, 0.25) is 0 Å². The average molecular weight is 1070 g/mol. The Morgan fingerprint density at radius 2 is 0.720 bits per heavy atom. The topological polar surface area (TPSA) is 275 Å². The largest absolute Gasteiger partial charge is 0.506 e. The summed E-state index contributed by atoms with van der Waals surface area (Å²) in [6.45, 7) is 25.5. The Morgan fingerprint density at radius 3 is 0.920 bits per heavy atom. The summed E-state index contributed by atoms with van der Waals surface area (Å²) in [6.07, 6.45) is 4.70. The van der Waals surface area contributed by atoms with Gasteiger partial charge in [-0.15, -0.1) is 0 Å². The minimum absolute atomic E-state index is 0.0110. The molecule has 6 aromatic heterocycles. The third kappa shape index (κ3) is 11.8. The van der Waals surface area contributed by atoms with Crippen molar-refractivity contribution in [3.63, 3.8) is 0 Å². The van der Waals surface area contributed by atoms with E-state index in [2.05, 4.69) is 50.7 Å². The van der Waals surface area contributed by atoms with Gasteiger partial charge in [-0.25, -0.2) is 15.0 Å². The third-order valence-electron chi connectivity index (χ3n) is 12.3. The summed E-state index contributed by atoms with van der Waals surface area (Å²) in [6, 6.07) is 10.5. The SMILES string of the molecule is CC1CSc2nc(-c3cnc(C(C)(C)C)c(O)c3)c(C#N)c(=O)n2C1.C[C@@H]1CSc2nc(-c3cnc(C(C)(C)C)c(O)c3)c(C#N)c(=O)n2C1.C[C@H]1CSc2nc(-c3cnc(C(C)(C)C)c(O)c3)c(C#N)c(=O)n2C1. The van der Waals surface area contributed by atoms with Crippen molar-refractivity contribution in [2.45, 2.75) is 134 Å². The van der Waals surface area contributed by atoms with Gasteiger partial charge in [-0.05, 0) is 36.0 Å². The van der Waals surface area contributed by atoms with Gasteiger partial charge in [0.15, 0.2) is 15.5 Å². The molecule has 0 amide bonds. The smallest absolute Gasteiger partial charge is 0.272 e. The standard InChI is InChI=1S/3C18H20N4O2S/c3*1-10-8-22-16(24)12(6-19)14(21-17(22)25-9-10)11-5-13(23)15(20-7-11)18(2,3)4/h3*5,7,10,23H,8-9H2,1-4H3/t2*10-;/m10./s1. The van der Waals surface area contributed by atoms with E-state index in [1.807, 2.05) is 80.5 Å². The van der Waals surface area contributed by atoms with Crippen LogP contribution in [0.4, 0.5) is 0 Å². The van der Waals surface area contributed by atoms with Crippen LogP contribution in [0.1, 0.15) is 117 Å². The van der Waals surface area contributed by atoms with E-state index in [-0.39, 0.29) is 83.9 Å². The molecule has 3 aliphatic heterocycles. The van der Waals surface area contributed by atoms with Crippen molar-refractivity contribution in [1.29, 1.82) is 15.8 Å². The van der Waals surface area contributed by atoms with Crippen molar-refractivity contribution < 1.29 is 15.3 Å². The van der Waals surface area contributed by atoms with Crippen LogP contribution in [-0.4, -0.2) is 76.2 Å². The van der Waals surface area contributed by atoms with Gasteiger partial charge in [-0.1, -0.05) is 118 Å². The lowest BCUT2D eigenvalue weighted by atomic mass is 9.90. The number of pyridine rings is 3. The first-order valence-corrected chi connectivity index (χ1v) is 27.2. The summed E-state index contributed by atoms with van der Waals surface area (Å²) >= 11 is 4.53. The molecule has 0 spiro atoms. The van der Waals surface area contributed by atoms with E-state index in [4.69, 9.17) is 0 Å². The average Bonchev–Trinajstić information content (AvgIpc) is 3.33. The fourth-order valence-corrected chi connectivity index (χ4v) is 11.6. The van der Waals surface area contributed by atoms with Gasteiger partial charge in [0.25, 0.3) is 16.7 Å². The lowest BCUT2D eigenvalue weighted by Crippen LogP contribution is -2.32. The summed E-state index contributed by atoms with van der Waals surface area (Å²) in [7, 11) is 0. The highest BCUT2D eigenvalue weighted by molar-refractivity contribution is 7.99. The van der Waals surface area contributed by atoms with E-state index in [1.165, 1.54) is 53.5 Å². The zero-order valence-electron chi connectivity index (χ0n) is 44.1. The molecule has 0 saturated carbocycles. The highest BCUT2D eigenvalue weighted by atomic mass is 32.2. The molecule has 3 N–H and O–H groups in total. The maximum atomic E-state index is 12.7.